The van der Waals surface area contributed by atoms with Crippen molar-refractivity contribution in [2.45, 2.75) is 13.5 Å². The van der Waals surface area contributed by atoms with Crippen molar-refractivity contribution in [3.05, 3.63) is 41.0 Å². The number of hydrogen-bond acceptors (Lipinski definition) is 6. The van der Waals surface area contributed by atoms with E-state index in [0.29, 0.717) is 42.1 Å². The average Bonchev–Trinajstić information content (AvgIpc) is 2.53. The molecule has 0 radical (unpaired) electrons. The van der Waals surface area contributed by atoms with Gasteiger partial charge >= 0.3 is 0 Å². The van der Waals surface area contributed by atoms with E-state index in [1.54, 1.807) is 0 Å². The molecule has 0 bridgehead atoms. The average molecular weight is 335 g/mol. The number of hydrogen-bond donors (Lipinski definition) is 4. The molecule has 1 heterocycles. The highest BCUT2D eigenvalue weighted by Gasteiger charge is 2.04. The highest BCUT2D eigenvalue weighted by molar-refractivity contribution is 6.30. The van der Waals surface area contributed by atoms with Crippen molar-refractivity contribution in [2.75, 3.05) is 29.5 Å². The maximum Gasteiger partial charge on any atom is 0.225 e. The number of carbonyl (C=O) groups is 1. The Morgan fingerprint density at radius 2 is 1.96 bits per heavy atom. The van der Waals surface area contributed by atoms with Crippen LogP contribution in [0.1, 0.15) is 12.5 Å². The number of nitrogens with two attached hydrogens (primary N) is 1. The zero-order valence-electron chi connectivity index (χ0n) is 12.8. The Morgan fingerprint density at radius 1 is 1.22 bits per heavy atom. The molecule has 0 saturated heterocycles. The van der Waals surface area contributed by atoms with Gasteiger partial charge in [-0.2, -0.15) is 4.98 Å². The Balaban J connectivity index is 1.91. The monoisotopic (exact) mass is 334 g/mol. The van der Waals surface area contributed by atoms with E-state index < -0.39 is 0 Å². The van der Waals surface area contributed by atoms with Crippen LogP contribution >= 0.6 is 11.6 Å². The first-order chi connectivity index (χ1) is 11.0. The van der Waals surface area contributed by atoms with Crippen LogP contribution in [0.4, 0.5) is 17.5 Å². The van der Waals surface area contributed by atoms with E-state index in [1.165, 1.54) is 13.1 Å². The SMILES string of the molecule is CC(=O)NCCNc1nc(NCc2ccc(Cl)cc2)ncc1N. The molecule has 5 N–H and O–H groups in total. The van der Waals surface area contributed by atoms with Crippen LogP contribution in [-0.4, -0.2) is 29.0 Å². The van der Waals surface area contributed by atoms with E-state index in [-0.39, 0.29) is 5.91 Å². The van der Waals surface area contributed by atoms with Gasteiger partial charge in [-0.3, -0.25) is 4.79 Å². The van der Waals surface area contributed by atoms with Crippen molar-refractivity contribution in [3.8, 4) is 0 Å². The number of benzene rings is 1. The summed E-state index contributed by atoms with van der Waals surface area (Å²) in [7, 11) is 0. The number of nitrogen functional groups attached to an aromatic ring is 1. The van der Waals surface area contributed by atoms with Crippen molar-refractivity contribution in [1.82, 2.24) is 15.3 Å². The predicted molar refractivity (Wildman–Crippen MR) is 92.4 cm³/mol. The standard InChI is InChI=1S/C15H19ClN6O/c1-10(23)18-6-7-19-14-13(17)9-21-15(22-14)20-8-11-2-4-12(16)5-3-11/h2-5,9H,6-8,17H2,1H3,(H,18,23)(H2,19,20,21,22). The van der Waals surface area contributed by atoms with Gasteiger partial charge in [-0.15, -0.1) is 0 Å². The van der Waals surface area contributed by atoms with E-state index >= 15 is 0 Å². The number of rotatable bonds is 7. The minimum absolute atomic E-state index is 0.0761. The fourth-order valence-corrected chi connectivity index (χ4v) is 1.95. The summed E-state index contributed by atoms with van der Waals surface area (Å²) in [4.78, 5) is 19.3. The summed E-state index contributed by atoms with van der Waals surface area (Å²) in [5.41, 5.74) is 7.35. The molecule has 0 aliphatic carbocycles. The van der Waals surface area contributed by atoms with E-state index in [1.807, 2.05) is 24.3 Å². The fourth-order valence-electron chi connectivity index (χ4n) is 1.82. The lowest BCUT2D eigenvalue weighted by Crippen LogP contribution is -2.26. The molecule has 0 unspecified atom stereocenters. The smallest absolute Gasteiger partial charge is 0.225 e. The van der Waals surface area contributed by atoms with E-state index in [0.717, 1.165) is 5.56 Å². The third-order valence-electron chi connectivity index (χ3n) is 2.97. The van der Waals surface area contributed by atoms with Crippen molar-refractivity contribution in [3.63, 3.8) is 0 Å². The summed E-state index contributed by atoms with van der Waals surface area (Å²) in [5.74, 6) is 0.924. The van der Waals surface area contributed by atoms with Gasteiger partial charge in [-0.1, -0.05) is 23.7 Å². The zero-order chi connectivity index (χ0) is 16.7. The summed E-state index contributed by atoms with van der Waals surface area (Å²) in [6.07, 6.45) is 1.54. The summed E-state index contributed by atoms with van der Waals surface area (Å²) in [5, 5.41) is 9.58. The first-order valence-electron chi connectivity index (χ1n) is 7.14. The number of aromatic nitrogens is 2. The molecule has 8 heteroatoms. The molecule has 0 aliphatic rings. The second-order valence-electron chi connectivity index (χ2n) is 4.89. The van der Waals surface area contributed by atoms with Gasteiger partial charge in [0.05, 0.1) is 11.9 Å². The first-order valence-corrected chi connectivity index (χ1v) is 7.51. The Kier molecular flexibility index (Phi) is 5.99. The van der Waals surface area contributed by atoms with Crippen LogP contribution in [0.25, 0.3) is 0 Å². The van der Waals surface area contributed by atoms with Gasteiger partial charge in [0.2, 0.25) is 11.9 Å². The van der Waals surface area contributed by atoms with Crippen molar-refractivity contribution in [2.24, 2.45) is 0 Å². The van der Waals surface area contributed by atoms with Gasteiger partial charge in [-0.05, 0) is 17.7 Å². The maximum atomic E-state index is 10.8. The minimum atomic E-state index is -0.0761. The lowest BCUT2D eigenvalue weighted by Gasteiger charge is -2.11. The molecular weight excluding hydrogens is 316 g/mol. The molecule has 2 aromatic rings. The lowest BCUT2D eigenvalue weighted by atomic mass is 10.2. The highest BCUT2D eigenvalue weighted by atomic mass is 35.5. The molecule has 0 fully saturated rings. The van der Waals surface area contributed by atoms with Crippen molar-refractivity contribution in [1.29, 1.82) is 0 Å². The summed E-state index contributed by atoms with van der Waals surface area (Å²) in [6, 6.07) is 7.52. The van der Waals surface area contributed by atoms with E-state index in [9.17, 15) is 4.79 Å². The molecule has 23 heavy (non-hydrogen) atoms. The van der Waals surface area contributed by atoms with Crippen molar-refractivity contribution < 1.29 is 4.79 Å². The Hall–Kier alpha value is -2.54. The van der Waals surface area contributed by atoms with Crippen LogP contribution in [-0.2, 0) is 11.3 Å². The zero-order valence-corrected chi connectivity index (χ0v) is 13.5. The molecular formula is C15H19ClN6O. The number of nitrogens with one attached hydrogen (secondary N) is 3. The van der Waals surface area contributed by atoms with Gasteiger partial charge in [0.25, 0.3) is 0 Å². The summed E-state index contributed by atoms with van der Waals surface area (Å²) in [6.45, 7) is 3.06. The second kappa shape index (κ2) is 8.19. The molecule has 0 saturated carbocycles. The van der Waals surface area contributed by atoms with Gasteiger partial charge in [-0.25, -0.2) is 4.98 Å². The quantitative estimate of drug-likeness (QED) is 0.576. The third-order valence-corrected chi connectivity index (χ3v) is 3.22. The minimum Gasteiger partial charge on any atom is -0.394 e. The van der Waals surface area contributed by atoms with Crippen LogP contribution in [0.15, 0.2) is 30.5 Å². The van der Waals surface area contributed by atoms with E-state index in [2.05, 4.69) is 25.9 Å². The number of amides is 1. The molecule has 0 aliphatic heterocycles. The fraction of sp³-hybridized carbons (Fsp3) is 0.267. The van der Waals surface area contributed by atoms with Crippen LogP contribution in [0.5, 0.6) is 0 Å². The molecule has 1 aromatic carbocycles. The maximum absolute atomic E-state index is 10.8. The number of carbonyl (C=O) groups excluding carboxylic acids is 1. The number of halogens is 1. The Morgan fingerprint density at radius 3 is 2.65 bits per heavy atom. The molecule has 1 aromatic heterocycles. The molecule has 0 atom stereocenters. The highest BCUT2D eigenvalue weighted by Crippen LogP contribution is 2.16. The lowest BCUT2D eigenvalue weighted by molar-refractivity contribution is -0.118. The van der Waals surface area contributed by atoms with Gasteiger partial charge in [0, 0.05) is 31.6 Å². The normalized spacial score (nSPS) is 10.2. The molecule has 122 valence electrons. The van der Waals surface area contributed by atoms with Crippen LogP contribution in [0.3, 0.4) is 0 Å². The molecule has 2 rings (SSSR count). The topological polar surface area (TPSA) is 105 Å². The number of nitrogens with zero attached hydrogens (tertiary/aromatic N) is 2. The molecule has 0 spiro atoms. The second-order valence-corrected chi connectivity index (χ2v) is 5.32. The Bertz CT molecular complexity index is 662. The van der Waals surface area contributed by atoms with E-state index in [4.69, 9.17) is 17.3 Å². The van der Waals surface area contributed by atoms with Crippen molar-refractivity contribution >= 4 is 35.0 Å². The van der Waals surface area contributed by atoms with Gasteiger partial charge < -0.3 is 21.7 Å². The van der Waals surface area contributed by atoms with Crippen LogP contribution in [0, 0.1) is 0 Å². The van der Waals surface area contributed by atoms with Gasteiger partial charge in [0.15, 0.2) is 5.82 Å². The summed E-state index contributed by atoms with van der Waals surface area (Å²) < 4.78 is 0. The largest absolute Gasteiger partial charge is 0.394 e. The predicted octanol–water partition coefficient (Wildman–Crippen LogP) is 1.87. The number of anilines is 3. The molecule has 1 amide bonds. The van der Waals surface area contributed by atoms with Crippen LogP contribution in [0.2, 0.25) is 5.02 Å². The summed E-state index contributed by atoms with van der Waals surface area (Å²) >= 11 is 5.85. The third kappa shape index (κ3) is 5.63. The molecule has 7 nitrogen and oxygen atoms in total. The van der Waals surface area contributed by atoms with Crippen LogP contribution < -0.4 is 21.7 Å². The Labute approximate surface area is 139 Å². The first kappa shape index (κ1) is 16.8. The van der Waals surface area contributed by atoms with Gasteiger partial charge in [0.1, 0.15) is 0 Å².